The molecule has 1 aromatic carbocycles. The second kappa shape index (κ2) is 6.20. The molecule has 1 aliphatic rings. The third-order valence-corrected chi connectivity index (χ3v) is 4.70. The lowest BCUT2D eigenvalue weighted by atomic mass is 10.2. The van der Waals surface area contributed by atoms with Crippen molar-refractivity contribution < 1.29 is 4.79 Å². The monoisotopic (exact) mass is 335 g/mol. The number of hydrogen-bond acceptors (Lipinski definition) is 3. The van der Waals surface area contributed by atoms with Crippen molar-refractivity contribution in [1.82, 2.24) is 19.7 Å². The topological polar surface area (TPSA) is 63.1 Å². The summed E-state index contributed by atoms with van der Waals surface area (Å²) in [6.07, 6.45) is 2.70. The molecule has 1 aliphatic heterocycles. The Morgan fingerprint density at radius 2 is 2.12 bits per heavy atom. The molecular formula is C19H21N5O. The first-order valence-corrected chi connectivity index (χ1v) is 8.53. The van der Waals surface area contributed by atoms with Crippen molar-refractivity contribution in [3.8, 4) is 0 Å². The van der Waals surface area contributed by atoms with Gasteiger partial charge in [-0.3, -0.25) is 9.67 Å². The van der Waals surface area contributed by atoms with E-state index >= 15 is 0 Å². The largest absolute Gasteiger partial charge is 0.322 e. The predicted molar refractivity (Wildman–Crippen MR) is 97.7 cm³/mol. The van der Waals surface area contributed by atoms with Crippen LogP contribution in [0.25, 0.3) is 10.9 Å². The van der Waals surface area contributed by atoms with E-state index in [1.807, 2.05) is 46.8 Å². The average Bonchev–Trinajstić information content (AvgIpc) is 3.21. The minimum atomic E-state index is -0.0627. The molecule has 6 heteroatoms. The van der Waals surface area contributed by atoms with Gasteiger partial charge in [-0.2, -0.15) is 5.10 Å². The molecule has 1 fully saturated rings. The van der Waals surface area contributed by atoms with Crippen molar-refractivity contribution in [2.24, 2.45) is 0 Å². The van der Waals surface area contributed by atoms with Crippen molar-refractivity contribution in [1.29, 1.82) is 0 Å². The lowest BCUT2D eigenvalue weighted by Gasteiger charge is -2.18. The number of carbonyl (C=O) groups is 1. The molecule has 3 heterocycles. The Hall–Kier alpha value is -2.89. The Labute approximate surface area is 146 Å². The standard InChI is InChI=1S/C19H21N5O/c1-13-10-14(2)24(22-13)17-7-9-23(12-17)19(25)21-16-5-6-18-15(11-16)4-3-8-20-18/h3-6,8,10-11,17H,7,9,12H2,1-2H3,(H,21,25)/t17-/m0/s1. The summed E-state index contributed by atoms with van der Waals surface area (Å²) in [6, 6.07) is 11.9. The summed E-state index contributed by atoms with van der Waals surface area (Å²) in [5, 5.41) is 8.57. The van der Waals surface area contributed by atoms with Crippen LogP contribution >= 0.6 is 0 Å². The summed E-state index contributed by atoms with van der Waals surface area (Å²) >= 11 is 0. The van der Waals surface area contributed by atoms with Gasteiger partial charge < -0.3 is 10.2 Å². The van der Waals surface area contributed by atoms with E-state index in [9.17, 15) is 4.79 Å². The summed E-state index contributed by atoms with van der Waals surface area (Å²) in [5.41, 5.74) is 3.88. The minimum Gasteiger partial charge on any atom is -0.322 e. The fourth-order valence-electron chi connectivity index (χ4n) is 3.50. The average molecular weight is 335 g/mol. The first-order chi connectivity index (χ1) is 12.1. The van der Waals surface area contributed by atoms with Gasteiger partial charge in [0, 0.05) is 36.1 Å². The molecule has 1 saturated heterocycles. The third-order valence-electron chi connectivity index (χ3n) is 4.70. The van der Waals surface area contributed by atoms with Gasteiger partial charge in [0.1, 0.15) is 0 Å². The van der Waals surface area contributed by atoms with E-state index in [0.717, 1.165) is 40.9 Å². The van der Waals surface area contributed by atoms with Gasteiger partial charge in [0.25, 0.3) is 0 Å². The quantitative estimate of drug-likeness (QED) is 0.779. The third kappa shape index (κ3) is 3.07. The fraction of sp³-hybridized carbons (Fsp3) is 0.316. The van der Waals surface area contributed by atoms with Gasteiger partial charge in [0.05, 0.1) is 17.3 Å². The number of carbonyl (C=O) groups excluding carboxylic acids is 1. The number of aromatic nitrogens is 3. The van der Waals surface area contributed by atoms with Gasteiger partial charge >= 0.3 is 6.03 Å². The molecule has 0 aliphatic carbocycles. The number of nitrogens with one attached hydrogen (secondary N) is 1. The molecule has 0 radical (unpaired) electrons. The molecule has 2 aromatic heterocycles. The zero-order valence-electron chi connectivity index (χ0n) is 14.4. The number of rotatable bonds is 2. The number of benzene rings is 1. The van der Waals surface area contributed by atoms with Gasteiger partial charge in [-0.15, -0.1) is 0 Å². The molecule has 1 N–H and O–H groups in total. The zero-order valence-corrected chi connectivity index (χ0v) is 14.4. The lowest BCUT2D eigenvalue weighted by Crippen LogP contribution is -2.33. The Morgan fingerprint density at radius 1 is 1.24 bits per heavy atom. The highest BCUT2D eigenvalue weighted by Crippen LogP contribution is 2.24. The Bertz CT molecular complexity index is 932. The van der Waals surface area contributed by atoms with E-state index in [1.165, 1.54) is 0 Å². The molecule has 4 rings (SSSR count). The van der Waals surface area contributed by atoms with Crippen molar-refractivity contribution in [2.45, 2.75) is 26.3 Å². The number of nitrogens with zero attached hydrogens (tertiary/aromatic N) is 4. The van der Waals surface area contributed by atoms with Gasteiger partial charge in [0.15, 0.2) is 0 Å². The van der Waals surface area contributed by atoms with Gasteiger partial charge in [-0.25, -0.2) is 4.79 Å². The van der Waals surface area contributed by atoms with E-state index in [1.54, 1.807) is 6.20 Å². The van der Waals surface area contributed by atoms with Crippen LogP contribution in [0, 0.1) is 13.8 Å². The first-order valence-electron chi connectivity index (χ1n) is 8.53. The minimum absolute atomic E-state index is 0.0627. The summed E-state index contributed by atoms with van der Waals surface area (Å²) in [4.78, 5) is 18.7. The number of aryl methyl sites for hydroxylation is 2. The highest BCUT2D eigenvalue weighted by molar-refractivity contribution is 5.92. The van der Waals surface area contributed by atoms with Crippen LogP contribution in [0.1, 0.15) is 23.9 Å². The summed E-state index contributed by atoms with van der Waals surface area (Å²) in [7, 11) is 0. The summed E-state index contributed by atoms with van der Waals surface area (Å²) in [5.74, 6) is 0. The van der Waals surface area contributed by atoms with Crippen molar-refractivity contribution in [3.05, 3.63) is 54.0 Å². The van der Waals surface area contributed by atoms with Gasteiger partial charge in [-0.05, 0) is 50.6 Å². The Morgan fingerprint density at radius 3 is 2.92 bits per heavy atom. The van der Waals surface area contributed by atoms with E-state index in [2.05, 4.69) is 28.4 Å². The molecule has 2 amide bonds. The van der Waals surface area contributed by atoms with Crippen LogP contribution in [0.15, 0.2) is 42.6 Å². The van der Waals surface area contributed by atoms with Crippen molar-refractivity contribution in [3.63, 3.8) is 0 Å². The highest BCUT2D eigenvalue weighted by atomic mass is 16.2. The number of likely N-dealkylation sites (tertiary alicyclic amines) is 1. The molecule has 128 valence electrons. The molecule has 25 heavy (non-hydrogen) atoms. The highest BCUT2D eigenvalue weighted by Gasteiger charge is 2.28. The predicted octanol–water partition coefficient (Wildman–Crippen LogP) is 3.53. The molecule has 0 saturated carbocycles. The lowest BCUT2D eigenvalue weighted by molar-refractivity contribution is 0.220. The molecule has 3 aromatic rings. The summed E-state index contributed by atoms with van der Waals surface area (Å²) in [6.45, 7) is 5.48. The zero-order chi connectivity index (χ0) is 17.4. The normalized spacial score (nSPS) is 17.2. The number of anilines is 1. The van der Waals surface area contributed by atoms with Crippen LogP contribution < -0.4 is 5.32 Å². The SMILES string of the molecule is Cc1cc(C)n([C@H]2CCN(C(=O)Nc3ccc4ncccc4c3)C2)n1. The molecule has 0 spiro atoms. The molecule has 0 unspecified atom stereocenters. The fourth-order valence-corrected chi connectivity index (χ4v) is 3.50. The van der Waals surface area contributed by atoms with Crippen molar-refractivity contribution in [2.75, 3.05) is 18.4 Å². The van der Waals surface area contributed by atoms with Crippen LogP contribution in [0.3, 0.4) is 0 Å². The van der Waals surface area contributed by atoms with Crippen LogP contribution in [0.2, 0.25) is 0 Å². The van der Waals surface area contributed by atoms with Crippen LogP contribution in [0.4, 0.5) is 10.5 Å². The first kappa shape index (κ1) is 15.6. The molecule has 0 bridgehead atoms. The van der Waals surface area contributed by atoms with Gasteiger partial charge in [-0.1, -0.05) is 6.07 Å². The second-order valence-electron chi connectivity index (χ2n) is 6.60. The van der Waals surface area contributed by atoms with E-state index in [4.69, 9.17) is 0 Å². The smallest absolute Gasteiger partial charge is 0.321 e. The molecule has 6 nitrogen and oxygen atoms in total. The number of hydrogen-bond donors (Lipinski definition) is 1. The van der Waals surface area contributed by atoms with E-state index in [-0.39, 0.29) is 12.1 Å². The van der Waals surface area contributed by atoms with Crippen LogP contribution in [-0.2, 0) is 0 Å². The van der Waals surface area contributed by atoms with E-state index in [0.29, 0.717) is 6.54 Å². The van der Waals surface area contributed by atoms with Gasteiger partial charge in [0.2, 0.25) is 0 Å². The Balaban J connectivity index is 1.45. The summed E-state index contributed by atoms with van der Waals surface area (Å²) < 4.78 is 2.05. The second-order valence-corrected chi connectivity index (χ2v) is 6.60. The maximum atomic E-state index is 12.6. The number of urea groups is 1. The van der Waals surface area contributed by atoms with E-state index < -0.39 is 0 Å². The molecular weight excluding hydrogens is 314 g/mol. The maximum Gasteiger partial charge on any atom is 0.321 e. The molecule has 1 atom stereocenters. The number of pyridine rings is 1. The van der Waals surface area contributed by atoms with Crippen molar-refractivity contribution >= 4 is 22.6 Å². The van der Waals surface area contributed by atoms with Crippen LogP contribution in [-0.4, -0.2) is 38.8 Å². The Kier molecular flexibility index (Phi) is 3.87. The van der Waals surface area contributed by atoms with Crippen LogP contribution in [0.5, 0.6) is 0 Å². The number of fused-ring (bicyclic) bond motifs is 1. The number of amides is 2. The maximum absolute atomic E-state index is 12.6.